The van der Waals surface area contributed by atoms with Crippen molar-refractivity contribution in [1.82, 2.24) is 4.90 Å². The third-order valence-corrected chi connectivity index (χ3v) is 7.46. The van der Waals surface area contributed by atoms with Gasteiger partial charge in [0, 0.05) is 20.7 Å². The van der Waals surface area contributed by atoms with Crippen LogP contribution in [0.5, 0.6) is 0 Å². The van der Waals surface area contributed by atoms with E-state index >= 15 is 0 Å². The third-order valence-electron chi connectivity index (χ3n) is 6.08. The van der Waals surface area contributed by atoms with Gasteiger partial charge in [0.05, 0.1) is 16.5 Å². The zero-order valence-corrected chi connectivity index (χ0v) is 20.7. The highest BCUT2D eigenvalue weighted by atomic mass is 79.9. The second kappa shape index (κ2) is 8.14. The third kappa shape index (κ3) is 3.28. The molecule has 2 aliphatic rings. The highest BCUT2D eigenvalue weighted by Gasteiger charge is 2.58. The van der Waals surface area contributed by atoms with Crippen molar-refractivity contribution in [3.05, 3.63) is 102 Å². The van der Waals surface area contributed by atoms with Crippen LogP contribution < -0.4 is 4.90 Å². The molecule has 2 aliphatic heterocycles. The summed E-state index contributed by atoms with van der Waals surface area (Å²) in [4.78, 5) is 53.3. The van der Waals surface area contributed by atoms with Gasteiger partial charge in [-0.1, -0.05) is 50.1 Å². The number of rotatable bonds is 4. The minimum absolute atomic E-state index is 0.0714. The summed E-state index contributed by atoms with van der Waals surface area (Å²) in [5.74, 6) is -1.99. The van der Waals surface area contributed by atoms with Gasteiger partial charge in [-0.05, 0) is 54.4 Å². The van der Waals surface area contributed by atoms with Gasteiger partial charge in [0.2, 0.25) is 0 Å². The van der Waals surface area contributed by atoms with Crippen molar-refractivity contribution < 1.29 is 19.3 Å². The van der Waals surface area contributed by atoms with Crippen LogP contribution in [0, 0.1) is 17.0 Å². The van der Waals surface area contributed by atoms with E-state index in [1.54, 1.807) is 17.0 Å². The number of anilines is 1. The Morgan fingerprint density at radius 3 is 2.29 bits per heavy atom. The minimum Gasteiger partial charge on any atom is -0.300 e. The first-order valence-electron chi connectivity index (χ1n) is 10.2. The molecular formula is C24H15Br2N3O5. The van der Waals surface area contributed by atoms with E-state index in [0.717, 1.165) is 19.4 Å². The van der Waals surface area contributed by atoms with Gasteiger partial charge in [-0.2, -0.15) is 0 Å². The Morgan fingerprint density at radius 1 is 0.882 bits per heavy atom. The molecule has 0 bridgehead atoms. The van der Waals surface area contributed by atoms with E-state index in [1.807, 2.05) is 37.3 Å². The van der Waals surface area contributed by atoms with E-state index in [4.69, 9.17) is 0 Å². The molecule has 0 saturated carbocycles. The van der Waals surface area contributed by atoms with E-state index in [0.29, 0.717) is 11.3 Å². The number of halogens is 2. The fourth-order valence-electron chi connectivity index (χ4n) is 4.50. The lowest BCUT2D eigenvalue weighted by Gasteiger charge is -2.49. The maximum absolute atomic E-state index is 13.5. The number of nitro benzene ring substituents is 1. The first-order chi connectivity index (χ1) is 16.2. The van der Waals surface area contributed by atoms with Crippen LogP contribution in [0.1, 0.15) is 37.9 Å². The number of amides is 3. The number of fused-ring (bicyclic) bond motifs is 1. The molecule has 0 aromatic heterocycles. The largest absolute Gasteiger partial charge is 0.300 e. The fourth-order valence-corrected chi connectivity index (χ4v) is 5.17. The molecular weight excluding hydrogens is 570 g/mol. The lowest BCUT2D eigenvalue weighted by molar-refractivity contribution is -0.385. The molecule has 5 rings (SSSR count). The predicted molar refractivity (Wildman–Crippen MR) is 131 cm³/mol. The maximum atomic E-state index is 13.5. The van der Waals surface area contributed by atoms with Crippen molar-refractivity contribution in [3.63, 3.8) is 0 Å². The summed E-state index contributed by atoms with van der Waals surface area (Å²) in [7, 11) is 0. The quantitative estimate of drug-likeness (QED) is 0.182. The van der Waals surface area contributed by atoms with Crippen LogP contribution >= 0.6 is 31.9 Å². The van der Waals surface area contributed by atoms with Crippen LogP contribution in [0.25, 0.3) is 0 Å². The number of imide groups is 1. The molecule has 0 N–H and O–H groups in total. The molecule has 3 aromatic carbocycles. The van der Waals surface area contributed by atoms with E-state index in [2.05, 4.69) is 31.9 Å². The van der Waals surface area contributed by atoms with Crippen molar-refractivity contribution in [2.45, 2.75) is 19.0 Å². The molecule has 170 valence electrons. The average Bonchev–Trinajstić information content (AvgIpc) is 3.05. The summed E-state index contributed by atoms with van der Waals surface area (Å²) < 4.78 is 1.65. The number of carbonyl (C=O) groups excluding carboxylic acids is 3. The van der Waals surface area contributed by atoms with Crippen LogP contribution in [0.15, 0.2) is 69.6 Å². The SMILES string of the molecule is Cc1cc(N2C(=O)C(N3C(=O)c4cccc([N+](=O)[O-])c4C3=O)C2c2cccc(Br)c2)ccc1Br. The van der Waals surface area contributed by atoms with E-state index in [-0.39, 0.29) is 11.1 Å². The predicted octanol–water partition coefficient (Wildman–Crippen LogP) is 5.18. The molecule has 8 nitrogen and oxygen atoms in total. The van der Waals surface area contributed by atoms with Gasteiger partial charge in [0.15, 0.2) is 0 Å². The van der Waals surface area contributed by atoms with Gasteiger partial charge in [-0.15, -0.1) is 0 Å². The Labute approximate surface area is 210 Å². The molecule has 2 atom stereocenters. The zero-order chi connectivity index (χ0) is 24.3. The van der Waals surface area contributed by atoms with Gasteiger partial charge in [-0.25, -0.2) is 0 Å². The standard InChI is InChI=1S/C24H15Br2N3O5/c1-12-10-15(8-9-17(12)26)27-20(13-4-2-5-14(25)11-13)21(24(27)32)28-22(30)16-6-3-7-18(29(33)34)19(16)23(28)31/h2-11,20-21H,1H3. The Balaban J connectivity index is 1.62. The molecule has 3 aromatic rings. The first-order valence-corrected chi connectivity index (χ1v) is 11.8. The van der Waals surface area contributed by atoms with Crippen LogP contribution in [-0.4, -0.2) is 33.6 Å². The maximum Gasteiger partial charge on any atom is 0.282 e. The monoisotopic (exact) mass is 583 g/mol. The molecule has 0 aliphatic carbocycles. The normalized spacial score (nSPS) is 19.3. The molecule has 34 heavy (non-hydrogen) atoms. The summed E-state index contributed by atoms with van der Waals surface area (Å²) in [5.41, 5.74) is 1.44. The summed E-state index contributed by atoms with van der Waals surface area (Å²) in [6.07, 6.45) is 0. The number of β-lactam (4-membered cyclic amide) rings is 1. The molecule has 0 spiro atoms. The second-order valence-electron chi connectivity index (χ2n) is 8.02. The molecule has 0 radical (unpaired) electrons. The zero-order valence-electron chi connectivity index (χ0n) is 17.6. The van der Waals surface area contributed by atoms with E-state index < -0.39 is 40.4 Å². The van der Waals surface area contributed by atoms with Crippen molar-refractivity contribution in [2.75, 3.05) is 4.90 Å². The van der Waals surface area contributed by atoms with Gasteiger partial charge < -0.3 is 4.90 Å². The molecule has 2 heterocycles. The minimum atomic E-state index is -1.13. The Morgan fingerprint density at radius 2 is 1.62 bits per heavy atom. The Bertz CT molecular complexity index is 1420. The molecule has 3 amide bonds. The number of nitro groups is 1. The van der Waals surface area contributed by atoms with Crippen LogP contribution in [0.3, 0.4) is 0 Å². The molecule has 1 fully saturated rings. The highest BCUT2D eigenvalue weighted by molar-refractivity contribution is 9.10. The van der Waals surface area contributed by atoms with Crippen molar-refractivity contribution in [2.24, 2.45) is 0 Å². The number of benzene rings is 3. The summed E-state index contributed by atoms with van der Waals surface area (Å²) >= 11 is 6.90. The second-order valence-corrected chi connectivity index (χ2v) is 9.79. The van der Waals surface area contributed by atoms with E-state index in [1.165, 1.54) is 18.2 Å². The first kappa shape index (κ1) is 22.4. The average molecular weight is 585 g/mol. The van der Waals surface area contributed by atoms with E-state index in [9.17, 15) is 24.5 Å². The molecule has 10 heteroatoms. The number of hydrogen-bond acceptors (Lipinski definition) is 5. The van der Waals surface area contributed by atoms with Gasteiger partial charge in [0.25, 0.3) is 23.4 Å². The van der Waals surface area contributed by atoms with Gasteiger partial charge >= 0.3 is 0 Å². The van der Waals surface area contributed by atoms with Crippen LogP contribution in [0.2, 0.25) is 0 Å². The van der Waals surface area contributed by atoms with Gasteiger partial charge in [-0.3, -0.25) is 29.4 Å². The Kier molecular flexibility index (Phi) is 5.37. The summed E-state index contributed by atoms with van der Waals surface area (Å²) in [6, 6.07) is 14.8. The number of hydrogen-bond donors (Lipinski definition) is 0. The molecule has 1 saturated heterocycles. The lowest BCUT2D eigenvalue weighted by atomic mass is 9.86. The molecule has 2 unspecified atom stereocenters. The topological polar surface area (TPSA) is 101 Å². The van der Waals surface area contributed by atoms with Crippen molar-refractivity contribution >= 4 is 61.0 Å². The number of nitrogens with zero attached hydrogens (tertiary/aromatic N) is 3. The van der Waals surface area contributed by atoms with Crippen molar-refractivity contribution in [3.8, 4) is 0 Å². The van der Waals surface area contributed by atoms with Crippen LogP contribution in [0.4, 0.5) is 11.4 Å². The number of carbonyl (C=O) groups is 3. The Hall–Kier alpha value is -3.37. The smallest absolute Gasteiger partial charge is 0.282 e. The summed E-state index contributed by atoms with van der Waals surface area (Å²) in [6.45, 7) is 1.90. The van der Waals surface area contributed by atoms with Gasteiger partial charge in [0.1, 0.15) is 11.6 Å². The van der Waals surface area contributed by atoms with Crippen LogP contribution in [-0.2, 0) is 4.79 Å². The van der Waals surface area contributed by atoms with Crippen molar-refractivity contribution in [1.29, 1.82) is 0 Å². The highest BCUT2D eigenvalue weighted by Crippen LogP contribution is 2.46. The number of aryl methyl sites for hydroxylation is 1. The fraction of sp³-hybridized carbons (Fsp3) is 0.125. The summed E-state index contributed by atoms with van der Waals surface area (Å²) in [5, 5.41) is 11.5. The lowest BCUT2D eigenvalue weighted by Crippen LogP contribution is -2.67.